The van der Waals surface area contributed by atoms with Crippen molar-refractivity contribution in [3.05, 3.63) is 56.7 Å². The first kappa shape index (κ1) is 19.4. The van der Waals surface area contributed by atoms with Crippen molar-refractivity contribution >= 4 is 28.8 Å². The number of carbonyl (C=O) groups is 1. The van der Waals surface area contributed by atoms with Crippen molar-refractivity contribution < 1.29 is 4.79 Å². The van der Waals surface area contributed by atoms with E-state index in [9.17, 15) is 4.79 Å². The Morgan fingerprint density at radius 3 is 2.85 bits per heavy atom. The van der Waals surface area contributed by atoms with Gasteiger partial charge < -0.3 is 11.1 Å². The quantitative estimate of drug-likeness (QED) is 0.755. The molecule has 6 heteroatoms. The third-order valence-electron chi connectivity index (χ3n) is 4.85. The molecular formula is C20H26ClN3OS. The van der Waals surface area contributed by atoms with Gasteiger partial charge in [-0.3, -0.25) is 9.69 Å². The normalized spacial score (nSPS) is 16.7. The Morgan fingerprint density at radius 2 is 2.12 bits per heavy atom. The number of hydrogen-bond acceptors (Lipinski definition) is 4. The van der Waals surface area contributed by atoms with Crippen molar-refractivity contribution in [1.29, 1.82) is 0 Å². The molecule has 1 aromatic heterocycles. The highest BCUT2D eigenvalue weighted by Gasteiger charge is 2.26. The van der Waals surface area contributed by atoms with Crippen LogP contribution in [0.4, 0.5) is 0 Å². The van der Waals surface area contributed by atoms with Gasteiger partial charge in [-0.15, -0.1) is 11.3 Å². The second kappa shape index (κ2) is 9.00. The van der Waals surface area contributed by atoms with E-state index in [4.69, 9.17) is 17.3 Å². The summed E-state index contributed by atoms with van der Waals surface area (Å²) >= 11 is 7.90. The first-order valence-electron chi connectivity index (χ1n) is 9.10. The van der Waals surface area contributed by atoms with Gasteiger partial charge in [0, 0.05) is 42.0 Å². The predicted molar refractivity (Wildman–Crippen MR) is 109 cm³/mol. The Kier molecular flexibility index (Phi) is 6.70. The average Bonchev–Trinajstić information content (AvgIpc) is 3.09. The summed E-state index contributed by atoms with van der Waals surface area (Å²) in [5.74, 6) is 0.0643. The molecule has 2 aromatic rings. The third kappa shape index (κ3) is 5.07. The Hall–Kier alpha value is -1.40. The van der Waals surface area contributed by atoms with Crippen LogP contribution in [-0.4, -0.2) is 29.9 Å². The molecule has 2 atom stereocenters. The Morgan fingerprint density at radius 1 is 1.35 bits per heavy atom. The van der Waals surface area contributed by atoms with Crippen LogP contribution in [0.3, 0.4) is 0 Å². The van der Waals surface area contributed by atoms with Gasteiger partial charge >= 0.3 is 0 Å². The number of fused-ring (bicyclic) bond motifs is 1. The smallest absolute Gasteiger partial charge is 0.220 e. The van der Waals surface area contributed by atoms with E-state index < -0.39 is 0 Å². The van der Waals surface area contributed by atoms with E-state index in [2.05, 4.69) is 33.8 Å². The van der Waals surface area contributed by atoms with Gasteiger partial charge in [-0.05, 0) is 54.5 Å². The first-order chi connectivity index (χ1) is 12.5. The first-order valence-corrected chi connectivity index (χ1v) is 10.4. The van der Waals surface area contributed by atoms with E-state index in [0.29, 0.717) is 19.4 Å². The van der Waals surface area contributed by atoms with Gasteiger partial charge in [-0.25, -0.2) is 0 Å². The lowest BCUT2D eigenvalue weighted by molar-refractivity contribution is -0.121. The van der Waals surface area contributed by atoms with E-state index in [1.807, 2.05) is 30.4 Å². The summed E-state index contributed by atoms with van der Waals surface area (Å²) in [6, 6.07) is 10.4. The average molecular weight is 392 g/mol. The number of thiophene rings is 1. The standard InChI is InChI=1S/C20H26ClN3OS/c1-14(22)2-7-20(25)23-12-18(15-3-5-17(21)6-4-15)24-10-8-19-16(13-24)9-11-26-19/h3-6,9,11,14,18H,2,7-8,10,12-13,22H2,1H3,(H,23,25). The molecule has 0 radical (unpaired) electrons. The number of nitrogens with one attached hydrogen (secondary N) is 1. The van der Waals surface area contributed by atoms with Crippen molar-refractivity contribution in [3.63, 3.8) is 0 Å². The molecule has 1 aromatic carbocycles. The molecule has 2 heterocycles. The minimum absolute atomic E-state index is 0.0481. The lowest BCUT2D eigenvalue weighted by Gasteiger charge is -2.35. The fraction of sp³-hybridized carbons (Fsp3) is 0.450. The number of halogens is 1. The van der Waals surface area contributed by atoms with Crippen LogP contribution in [0.15, 0.2) is 35.7 Å². The van der Waals surface area contributed by atoms with E-state index in [1.165, 1.54) is 16.0 Å². The molecule has 4 nitrogen and oxygen atoms in total. The number of carbonyl (C=O) groups excluding carboxylic acids is 1. The second-order valence-corrected chi connectivity index (χ2v) is 8.41. The molecule has 140 valence electrons. The van der Waals surface area contributed by atoms with Crippen LogP contribution in [0.2, 0.25) is 5.02 Å². The second-order valence-electron chi connectivity index (χ2n) is 6.98. The van der Waals surface area contributed by atoms with Gasteiger partial charge in [0.25, 0.3) is 0 Å². The third-order valence-corrected chi connectivity index (χ3v) is 6.13. The monoisotopic (exact) mass is 391 g/mol. The van der Waals surface area contributed by atoms with E-state index >= 15 is 0 Å². The van der Waals surface area contributed by atoms with Crippen LogP contribution < -0.4 is 11.1 Å². The summed E-state index contributed by atoms with van der Waals surface area (Å²) in [7, 11) is 0. The minimum Gasteiger partial charge on any atom is -0.354 e. The summed E-state index contributed by atoms with van der Waals surface area (Å²) in [5, 5.41) is 6.00. The molecule has 0 bridgehead atoms. The van der Waals surface area contributed by atoms with E-state index in [-0.39, 0.29) is 18.0 Å². The van der Waals surface area contributed by atoms with Gasteiger partial charge in [0.1, 0.15) is 0 Å². The maximum absolute atomic E-state index is 12.2. The number of amides is 1. The van der Waals surface area contributed by atoms with Gasteiger partial charge in [0.05, 0.1) is 6.04 Å². The summed E-state index contributed by atoms with van der Waals surface area (Å²) in [5.41, 5.74) is 8.34. The van der Waals surface area contributed by atoms with Crippen LogP contribution in [-0.2, 0) is 17.8 Å². The van der Waals surface area contributed by atoms with Gasteiger partial charge in [-0.1, -0.05) is 23.7 Å². The SMILES string of the molecule is CC(N)CCC(=O)NCC(c1ccc(Cl)cc1)N1CCc2sccc2C1. The molecule has 0 spiro atoms. The van der Waals surface area contributed by atoms with Gasteiger partial charge in [0.2, 0.25) is 5.91 Å². The minimum atomic E-state index is 0.0481. The van der Waals surface area contributed by atoms with Crippen molar-refractivity contribution in [2.75, 3.05) is 13.1 Å². The van der Waals surface area contributed by atoms with E-state index in [1.54, 1.807) is 0 Å². The lowest BCUT2D eigenvalue weighted by Crippen LogP contribution is -2.40. The summed E-state index contributed by atoms with van der Waals surface area (Å²) < 4.78 is 0. The van der Waals surface area contributed by atoms with Gasteiger partial charge in [0.15, 0.2) is 0 Å². The number of benzene rings is 1. The van der Waals surface area contributed by atoms with E-state index in [0.717, 1.165) is 24.5 Å². The zero-order valence-corrected chi connectivity index (χ0v) is 16.7. The molecule has 3 rings (SSSR count). The molecule has 1 aliphatic rings. The highest BCUT2D eigenvalue weighted by Crippen LogP contribution is 2.30. The van der Waals surface area contributed by atoms with Gasteiger partial charge in [-0.2, -0.15) is 0 Å². The Bertz CT molecular complexity index is 729. The number of rotatable bonds is 7. The maximum Gasteiger partial charge on any atom is 0.220 e. The van der Waals surface area contributed by atoms with Crippen molar-refractivity contribution in [3.8, 4) is 0 Å². The van der Waals surface area contributed by atoms with Crippen molar-refractivity contribution in [2.24, 2.45) is 5.73 Å². The zero-order valence-electron chi connectivity index (χ0n) is 15.1. The fourth-order valence-electron chi connectivity index (χ4n) is 3.34. The van der Waals surface area contributed by atoms with Crippen molar-refractivity contribution in [1.82, 2.24) is 10.2 Å². The molecule has 1 amide bonds. The molecule has 0 fully saturated rings. The number of nitrogens with two attached hydrogens (primary N) is 1. The molecule has 3 N–H and O–H groups in total. The van der Waals surface area contributed by atoms with Crippen LogP contribution in [0, 0.1) is 0 Å². The molecule has 2 unspecified atom stereocenters. The summed E-state index contributed by atoms with van der Waals surface area (Å²) in [6.07, 6.45) is 2.24. The van der Waals surface area contributed by atoms with Crippen LogP contribution >= 0.6 is 22.9 Å². The molecular weight excluding hydrogens is 366 g/mol. The summed E-state index contributed by atoms with van der Waals surface area (Å²) in [4.78, 5) is 16.1. The lowest BCUT2D eigenvalue weighted by atomic mass is 10.0. The topological polar surface area (TPSA) is 58.4 Å². The van der Waals surface area contributed by atoms with Crippen LogP contribution in [0.25, 0.3) is 0 Å². The molecule has 1 aliphatic heterocycles. The highest BCUT2D eigenvalue weighted by molar-refractivity contribution is 7.10. The molecule has 0 saturated heterocycles. The van der Waals surface area contributed by atoms with Crippen molar-refractivity contribution in [2.45, 2.75) is 44.8 Å². The van der Waals surface area contributed by atoms with Crippen LogP contribution in [0.1, 0.15) is 41.8 Å². The molecule has 0 saturated carbocycles. The number of nitrogens with zero attached hydrogens (tertiary/aromatic N) is 1. The fourth-order valence-corrected chi connectivity index (χ4v) is 4.35. The zero-order chi connectivity index (χ0) is 18.5. The van der Waals surface area contributed by atoms with Crippen LogP contribution in [0.5, 0.6) is 0 Å². The molecule has 0 aliphatic carbocycles. The highest BCUT2D eigenvalue weighted by atomic mass is 35.5. The Labute approximate surface area is 164 Å². The number of hydrogen-bond donors (Lipinski definition) is 2. The maximum atomic E-state index is 12.2. The Balaban J connectivity index is 1.70. The summed E-state index contributed by atoms with van der Waals surface area (Å²) in [6.45, 7) is 4.44. The largest absolute Gasteiger partial charge is 0.354 e. The predicted octanol–water partition coefficient (Wildman–Crippen LogP) is 3.74. The molecule has 26 heavy (non-hydrogen) atoms.